The van der Waals surface area contributed by atoms with Gasteiger partial charge in [0.1, 0.15) is 5.65 Å². The molecule has 6 heteroatoms. The standard InChI is InChI=1S/C19H12ClN3O2/c20-13-8-6-12(7-9-13)15-10-14(11-4-2-1-3-5-11)16-17(21-15)22-19(25)23-18(16)24/h1-10H,(H2,21,22,23,24,25). The van der Waals surface area contributed by atoms with Crippen LogP contribution in [0, 0.1) is 0 Å². The molecule has 2 aromatic carbocycles. The fourth-order valence-electron chi connectivity index (χ4n) is 2.78. The number of pyridine rings is 1. The highest BCUT2D eigenvalue weighted by Crippen LogP contribution is 2.29. The summed E-state index contributed by atoms with van der Waals surface area (Å²) in [5.74, 6) is 0. The minimum Gasteiger partial charge on any atom is -0.291 e. The lowest BCUT2D eigenvalue weighted by atomic mass is 10.0. The van der Waals surface area contributed by atoms with Gasteiger partial charge in [0.2, 0.25) is 0 Å². The molecule has 0 fully saturated rings. The van der Waals surface area contributed by atoms with E-state index >= 15 is 0 Å². The number of nitrogens with one attached hydrogen (secondary N) is 2. The maximum absolute atomic E-state index is 12.4. The summed E-state index contributed by atoms with van der Waals surface area (Å²) < 4.78 is 0. The zero-order chi connectivity index (χ0) is 17.4. The molecule has 2 N–H and O–H groups in total. The van der Waals surface area contributed by atoms with Crippen molar-refractivity contribution in [2.45, 2.75) is 0 Å². The molecule has 122 valence electrons. The number of aromatic amines is 2. The molecular formula is C19H12ClN3O2. The smallest absolute Gasteiger partial charge is 0.291 e. The first-order valence-corrected chi connectivity index (χ1v) is 7.98. The van der Waals surface area contributed by atoms with Crippen molar-refractivity contribution in [1.29, 1.82) is 0 Å². The molecule has 2 heterocycles. The van der Waals surface area contributed by atoms with Gasteiger partial charge < -0.3 is 0 Å². The van der Waals surface area contributed by atoms with Crippen LogP contribution in [-0.4, -0.2) is 15.0 Å². The Hall–Kier alpha value is -3.18. The summed E-state index contributed by atoms with van der Waals surface area (Å²) in [5.41, 5.74) is 2.25. The number of hydrogen-bond acceptors (Lipinski definition) is 3. The molecule has 0 atom stereocenters. The number of aromatic nitrogens is 3. The molecule has 4 rings (SSSR count). The Morgan fingerprint density at radius 1 is 0.840 bits per heavy atom. The lowest BCUT2D eigenvalue weighted by molar-refractivity contribution is 1.06. The SMILES string of the molecule is O=c1[nH]c(=O)c2c(-c3ccccc3)cc(-c3ccc(Cl)cc3)nc2[nH]1. The van der Waals surface area contributed by atoms with Crippen molar-refractivity contribution in [3.05, 3.63) is 86.5 Å². The second-order valence-electron chi connectivity index (χ2n) is 5.56. The summed E-state index contributed by atoms with van der Waals surface area (Å²) in [5, 5.41) is 0.973. The number of halogens is 1. The van der Waals surface area contributed by atoms with Gasteiger partial charge in [0.05, 0.1) is 11.1 Å². The Bertz CT molecular complexity index is 1180. The minimum atomic E-state index is -0.586. The van der Waals surface area contributed by atoms with Crippen LogP contribution < -0.4 is 11.2 Å². The van der Waals surface area contributed by atoms with E-state index < -0.39 is 11.2 Å². The van der Waals surface area contributed by atoms with E-state index in [2.05, 4.69) is 15.0 Å². The van der Waals surface area contributed by atoms with Crippen molar-refractivity contribution in [3.63, 3.8) is 0 Å². The highest BCUT2D eigenvalue weighted by atomic mass is 35.5. The summed E-state index contributed by atoms with van der Waals surface area (Å²) in [6.07, 6.45) is 0. The molecule has 25 heavy (non-hydrogen) atoms. The van der Waals surface area contributed by atoms with E-state index in [-0.39, 0.29) is 5.65 Å². The molecule has 0 aliphatic carbocycles. The Balaban J connectivity index is 2.09. The highest BCUT2D eigenvalue weighted by Gasteiger charge is 2.13. The fraction of sp³-hybridized carbons (Fsp3) is 0. The van der Waals surface area contributed by atoms with Crippen molar-refractivity contribution < 1.29 is 0 Å². The quantitative estimate of drug-likeness (QED) is 0.580. The Morgan fingerprint density at radius 2 is 1.56 bits per heavy atom. The van der Waals surface area contributed by atoms with Crippen molar-refractivity contribution in [1.82, 2.24) is 15.0 Å². The number of nitrogens with zero attached hydrogens (tertiary/aromatic N) is 1. The van der Waals surface area contributed by atoms with Crippen LogP contribution in [0.5, 0.6) is 0 Å². The van der Waals surface area contributed by atoms with Crippen molar-refractivity contribution in [3.8, 4) is 22.4 Å². The molecule has 0 spiro atoms. The number of benzene rings is 2. The Morgan fingerprint density at radius 3 is 2.28 bits per heavy atom. The predicted octanol–water partition coefficient (Wildman–Crippen LogP) is 3.60. The maximum Gasteiger partial charge on any atom is 0.327 e. The molecule has 5 nitrogen and oxygen atoms in total. The highest BCUT2D eigenvalue weighted by molar-refractivity contribution is 6.30. The maximum atomic E-state index is 12.4. The monoisotopic (exact) mass is 349 g/mol. The lowest BCUT2D eigenvalue weighted by Gasteiger charge is -2.09. The van der Waals surface area contributed by atoms with Gasteiger partial charge >= 0.3 is 5.69 Å². The van der Waals surface area contributed by atoms with Crippen LogP contribution >= 0.6 is 11.6 Å². The van der Waals surface area contributed by atoms with Gasteiger partial charge in [-0.3, -0.25) is 14.8 Å². The van der Waals surface area contributed by atoms with E-state index in [0.29, 0.717) is 21.7 Å². The Kier molecular flexibility index (Phi) is 3.71. The van der Waals surface area contributed by atoms with Gasteiger partial charge in [0.15, 0.2) is 0 Å². The third-order valence-electron chi connectivity index (χ3n) is 3.93. The third-order valence-corrected chi connectivity index (χ3v) is 4.18. The summed E-state index contributed by atoms with van der Waals surface area (Å²) in [7, 11) is 0. The van der Waals surface area contributed by atoms with E-state index in [4.69, 9.17) is 11.6 Å². The number of hydrogen-bond donors (Lipinski definition) is 2. The second-order valence-corrected chi connectivity index (χ2v) is 6.00. The van der Waals surface area contributed by atoms with E-state index in [1.807, 2.05) is 48.5 Å². The lowest BCUT2D eigenvalue weighted by Crippen LogP contribution is -2.23. The van der Waals surface area contributed by atoms with Crippen molar-refractivity contribution in [2.75, 3.05) is 0 Å². The van der Waals surface area contributed by atoms with Gasteiger partial charge in [0, 0.05) is 16.1 Å². The number of fused-ring (bicyclic) bond motifs is 1. The van der Waals surface area contributed by atoms with E-state index in [1.165, 1.54) is 0 Å². The first-order valence-electron chi connectivity index (χ1n) is 7.60. The first kappa shape index (κ1) is 15.4. The zero-order valence-corrected chi connectivity index (χ0v) is 13.7. The minimum absolute atomic E-state index is 0.250. The molecule has 0 aliphatic heterocycles. The van der Waals surface area contributed by atoms with Gasteiger partial charge in [-0.25, -0.2) is 9.78 Å². The van der Waals surface area contributed by atoms with E-state index in [0.717, 1.165) is 11.1 Å². The molecule has 4 aromatic rings. The van der Waals surface area contributed by atoms with E-state index in [1.54, 1.807) is 12.1 Å². The molecule has 0 amide bonds. The molecule has 2 aromatic heterocycles. The molecule has 0 saturated heterocycles. The van der Waals surface area contributed by atoms with Crippen LogP contribution in [-0.2, 0) is 0 Å². The van der Waals surface area contributed by atoms with Gasteiger partial charge in [-0.1, -0.05) is 54.1 Å². The van der Waals surface area contributed by atoms with Gasteiger partial charge in [-0.2, -0.15) is 0 Å². The average molecular weight is 350 g/mol. The van der Waals surface area contributed by atoms with Gasteiger partial charge in [0.25, 0.3) is 5.56 Å². The molecular weight excluding hydrogens is 338 g/mol. The third kappa shape index (κ3) is 2.86. The predicted molar refractivity (Wildman–Crippen MR) is 98.9 cm³/mol. The van der Waals surface area contributed by atoms with Crippen LogP contribution in [0.1, 0.15) is 0 Å². The summed E-state index contributed by atoms with van der Waals surface area (Å²) in [6.45, 7) is 0. The summed E-state index contributed by atoms with van der Waals surface area (Å²) >= 11 is 5.95. The number of rotatable bonds is 2. The van der Waals surface area contributed by atoms with Crippen molar-refractivity contribution in [2.24, 2.45) is 0 Å². The number of H-pyrrole nitrogens is 2. The van der Waals surface area contributed by atoms with Gasteiger partial charge in [-0.15, -0.1) is 0 Å². The zero-order valence-electron chi connectivity index (χ0n) is 12.9. The summed E-state index contributed by atoms with van der Waals surface area (Å²) in [4.78, 5) is 33.4. The first-order chi connectivity index (χ1) is 12.1. The normalized spacial score (nSPS) is 10.9. The fourth-order valence-corrected chi connectivity index (χ4v) is 2.91. The van der Waals surface area contributed by atoms with Crippen LogP contribution in [0.2, 0.25) is 5.02 Å². The topological polar surface area (TPSA) is 78.6 Å². The Labute approximate surface area is 147 Å². The summed E-state index contributed by atoms with van der Waals surface area (Å²) in [6, 6.07) is 18.6. The van der Waals surface area contributed by atoms with Gasteiger partial charge in [-0.05, 0) is 23.8 Å². The second kappa shape index (κ2) is 6.03. The molecule has 0 radical (unpaired) electrons. The van der Waals surface area contributed by atoms with Crippen LogP contribution in [0.15, 0.2) is 70.3 Å². The van der Waals surface area contributed by atoms with E-state index in [9.17, 15) is 9.59 Å². The molecule has 0 saturated carbocycles. The van der Waals surface area contributed by atoms with Crippen molar-refractivity contribution >= 4 is 22.6 Å². The van der Waals surface area contributed by atoms with Crippen LogP contribution in [0.3, 0.4) is 0 Å². The average Bonchev–Trinajstić information content (AvgIpc) is 2.62. The van der Waals surface area contributed by atoms with Crippen LogP contribution in [0.25, 0.3) is 33.4 Å². The molecule has 0 bridgehead atoms. The largest absolute Gasteiger partial charge is 0.327 e. The van der Waals surface area contributed by atoms with Crippen LogP contribution in [0.4, 0.5) is 0 Å². The molecule has 0 aliphatic rings. The molecule has 0 unspecified atom stereocenters.